The van der Waals surface area contributed by atoms with E-state index in [9.17, 15) is 18.8 Å². The van der Waals surface area contributed by atoms with Crippen molar-refractivity contribution in [2.75, 3.05) is 37.7 Å². The van der Waals surface area contributed by atoms with Gasteiger partial charge in [0.2, 0.25) is 0 Å². The highest BCUT2D eigenvalue weighted by Crippen LogP contribution is 2.22. The normalized spacial score (nSPS) is 20.5. The van der Waals surface area contributed by atoms with E-state index in [2.05, 4.69) is 5.32 Å². The average Bonchev–Trinajstić information content (AvgIpc) is 3.00. The number of carbonyl (C=O) groups is 3. The van der Waals surface area contributed by atoms with Gasteiger partial charge < -0.3 is 20.1 Å². The molecule has 2 heterocycles. The van der Waals surface area contributed by atoms with Crippen LogP contribution < -0.4 is 10.2 Å². The number of amides is 3. The molecule has 9 heteroatoms. The SMILES string of the molecule is O=C(O)CC1CN(C(=O)c2cc(N3CCNC3=O)ccc2F)CCO1. The monoisotopic (exact) mass is 351 g/mol. The molecule has 3 amide bonds. The Kier molecular flexibility index (Phi) is 4.84. The number of nitrogens with zero attached hydrogens (tertiary/aromatic N) is 2. The molecule has 0 bridgehead atoms. The highest BCUT2D eigenvalue weighted by Gasteiger charge is 2.29. The van der Waals surface area contributed by atoms with E-state index in [0.29, 0.717) is 18.8 Å². The van der Waals surface area contributed by atoms with Crippen molar-refractivity contribution in [2.45, 2.75) is 12.5 Å². The largest absolute Gasteiger partial charge is 0.481 e. The van der Waals surface area contributed by atoms with Crippen molar-refractivity contribution in [1.82, 2.24) is 10.2 Å². The predicted molar refractivity (Wildman–Crippen MR) is 85.0 cm³/mol. The standard InChI is InChI=1S/C16H18FN3O5/c17-13-2-1-10(20-4-3-18-16(20)24)7-12(13)15(23)19-5-6-25-11(9-19)8-14(21)22/h1-2,7,11H,3-6,8-9H2,(H,18,24)(H,21,22). The third-order valence-electron chi connectivity index (χ3n) is 4.18. The summed E-state index contributed by atoms with van der Waals surface area (Å²) in [6, 6.07) is 3.66. The molecule has 3 rings (SSSR count). The van der Waals surface area contributed by atoms with E-state index in [4.69, 9.17) is 9.84 Å². The summed E-state index contributed by atoms with van der Waals surface area (Å²) >= 11 is 0. The molecule has 0 saturated carbocycles. The number of carboxylic acids is 1. The fourth-order valence-corrected chi connectivity index (χ4v) is 2.96. The molecule has 1 atom stereocenters. The van der Waals surface area contributed by atoms with Crippen LogP contribution in [0.2, 0.25) is 0 Å². The molecule has 8 nitrogen and oxygen atoms in total. The molecular weight excluding hydrogens is 333 g/mol. The minimum absolute atomic E-state index is 0.0823. The number of aliphatic carboxylic acids is 1. The van der Waals surface area contributed by atoms with Crippen LogP contribution in [0.5, 0.6) is 0 Å². The first-order valence-electron chi connectivity index (χ1n) is 7.93. The summed E-state index contributed by atoms with van der Waals surface area (Å²) in [7, 11) is 0. The first-order valence-corrected chi connectivity index (χ1v) is 7.93. The van der Waals surface area contributed by atoms with Crippen molar-refractivity contribution in [3.8, 4) is 0 Å². The lowest BCUT2D eigenvalue weighted by Crippen LogP contribution is -2.46. The second-order valence-corrected chi connectivity index (χ2v) is 5.89. The number of ether oxygens (including phenoxy) is 1. The number of nitrogens with one attached hydrogen (secondary N) is 1. The van der Waals surface area contributed by atoms with Gasteiger partial charge in [0.05, 0.1) is 24.7 Å². The molecule has 1 aromatic carbocycles. The lowest BCUT2D eigenvalue weighted by atomic mass is 10.1. The third kappa shape index (κ3) is 3.71. The number of hydrogen-bond donors (Lipinski definition) is 2. The van der Waals surface area contributed by atoms with E-state index >= 15 is 0 Å². The van der Waals surface area contributed by atoms with Gasteiger partial charge in [-0.15, -0.1) is 0 Å². The molecule has 25 heavy (non-hydrogen) atoms. The molecule has 2 fully saturated rings. The van der Waals surface area contributed by atoms with Crippen LogP contribution >= 0.6 is 0 Å². The lowest BCUT2D eigenvalue weighted by molar-refractivity contribution is -0.141. The van der Waals surface area contributed by atoms with Crippen molar-refractivity contribution < 1.29 is 28.6 Å². The fraction of sp³-hybridized carbons (Fsp3) is 0.438. The zero-order valence-corrected chi connectivity index (χ0v) is 13.4. The maximum Gasteiger partial charge on any atom is 0.321 e. The molecule has 2 saturated heterocycles. The van der Waals surface area contributed by atoms with Crippen molar-refractivity contribution in [3.63, 3.8) is 0 Å². The van der Waals surface area contributed by atoms with Gasteiger partial charge in [-0.2, -0.15) is 0 Å². The maximum absolute atomic E-state index is 14.2. The second-order valence-electron chi connectivity index (χ2n) is 5.89. The van der Waals surface area contributed by atoms with Crippen LogP contribution in [-0.4, -0.2) is 66.8 Å². The molecule has 2 N–H and O–H groups in total. The quantitative estimate of drug-likeness (QED) is 0.831. The Balaban J connectivity index is 1.79. The molecule has 134 valence electrons. The van der Waals surface area contributed by atoms with Crippen molar-refractivity contribution >= 4 is 23.6 Å². The summed E-state index contributed by atoms with van der Waals surface area (Å²) in [5.74, 6) is -2.25. The van der Waals surface area contributed by atoms with Crippen molar-refractivity contribution in [1.29, 1.82) is 0 Å². The highest BCUT2D eigenvalue weighted by molar-refractivity contribution is 5.98. The van der Waals surface area contributed by atoms with Crippen molar-refractivity contribution in [2.24, 2.45) is 0 Å². The summed E-state index contributed by atoms with van der Waals surface area (Å²) in [5, 5.41) is 11.5. The van der Waals surface area contributed by atoms with Gasteiger partial charge in [-0.05, 0) is 18.2 Å². The lowest BCUT2D eigenvalue weighted by Gasteiger charge is -2.32. The molecule has 0 aliphatic carbocycles. The van der Waals surface area contributed by atoms with Crippen LogP contribution in [0.25, 0.3) is 0 Å². The van der Waals surface area contributed by atoms with E-state index < -0.39 is 23.8 Å². The Bertz CT molecular complexity index is 711. The summed E-state index contributed by atoms with van der Waals surface area (Å²) in [6.07, 6.45) is -0.842. The summed E-state index contributed by atoms with van der Waals surface area (Å²) < 4.78 is 19.5. The topological polar surface area (TPSA) is 99.2 Å². The van der Waals surface area contributed by atoms with E-state index in [0.717, 1.165) is 6.07 Å². The van der Waals surface area contributed by atoms with Gasteiger partial charge in [0.1, 0.15) is 5.82 Å². The van der Waals surface area contributed by atoms with Gasteiger partial charge in [0, 0.05) is 31.9 Å². The first kappa shape index (κ1) is 17.2. The minimum atomic E-state index is -1.02. The van der Waals surface area contributed by atoms with Gasteiger partial charge in [-0.1, -0.05) is 0 Å². The Morgan fingerprint density at radius 3 is 2.84 bits per heavy atom. The smallest absolute Gasteiger partial charge is 0.321 e. The first-order chi connectivity index (χ1) is 12.0. The van der Waals surface area contributed by atoms with Gasteiger partial charge in [0.15, 0.2) is 0 Å². The number of urea groups is 1. The van der Waals surface area contributed by atoms with E-state index in [1.165, 1.54) is 21.9 Å². The minimum Gasteiger partial charge on any atom is -0.481 e. The average molecular weight is 351 g/mol. The van der Waals surface area contributed by atoms with Gasteiger partial charge in [-0.25, -0.2) is 9.18 Å². The van der Waals surface area contributed by atoms with Gasteiger partial charge in [-0.3, -0.25) is 14.5 Å². The van der Waals surface area contributed by atoms with Gasteiger partial charge in [0.25, 0.3) is 5.91 Å². The van der Waals surface area contributed by atoms with Crippen molar-refractivity contribution in [3.05, 3.63) is 29.6 Å². The second kappa shape index (κ2) is 7.06. The number of anilines is 1. The summed E-state index contributed by atoms with van der Waals surface area (Å²) in [4.78, 5) is 38.0. The molecule has 2 aliphatic rings. The Labute approximate surface area is 143 Å². The number of morpholine rings is 1. The number of hydrogen-bond acceptors (Lipinski definition) is 4. The summed E-state index contributed by atoms with van der Waals surface area (Å²) in [5.41, 5.74) is 0.295. The zero-order chi connectivity index (χ0) is 18.0. The number of carbonyl (C=O) groups excluding carboxylic acids is 2. The van der Waals surface area contributed by atoms with Crippen LogP contribution in [0.4, 0.5) is 14.9 Å². The highest BCUT2D eigenvalue weighted by atomic mass is 19.1. The Morgan fingerprint density at radius 1 is 1.36 bits per heavy atom. The van der Waals surface area contributed by atoms with Gasteiger partial charge >= 0.3 is 12.0 Å². The zero-order valence-electron chi connectivity index (χ0n) is 13.4. The van der Waals surface area contributed by atoms with E-state index in [-0.39, 0.29) is 37.7 Å². The number of benzene rings is 1. The third-order valence-corrected chi connectivity index (χ3v) is 4.18. The fourth-order valence-electron chi connectivity index (χ4n) is 2.96. The molecule has 1 unspecified atom stereocenters. The molecular formula is C16H18FN3O5. The summed E-state index contributed by atoms with van der Waals surface area (Å²) in [6.45, 7) is 1.46. The van der Waals surface area contributed by atoms with Crippen LogP contribution in [0, 0.1) is 5.82 Å². The van der Waals surface area contributed by atoms with Crippen LogP contribution in [0.15, 0.2) is 18.2 Å². The Hall–Kier alpha value is -2.68. The van der Waals surface area contributed by atoms with E-state index in [1.807, 2.05) is 0 Å². The molecule has 0 aromatic heterocycles. The molecule has 1 aromatic rings. The number of carboxylic acid groups (broad SMARTS) is 1. The van der Waals surface area contributed by atoms with Crippen LogP contribution in [0.1, 0.15) is 16.8 Å². The predicted octanol–water partition coefficient (Wildman–Crippen LogP) is 0.671. The molecule has 2 aliphatic heterocycles. The molecule has 0 radical (unpaired) electrons. The Morgan fingerprint density at radius 2 is 2.16 bits per heavy atom. The number of halogens is 1. The number of rotatable bonds is 4. The maximum atomic E-state index is 14.2. The molecule has 0 spiro atoms. The van der Waals surface area contributed by atoms with Crippen LogP contribution in [-0.2, 0) is 9.53 Å². The van der Waals surface area contributed by atoms with E-state index in [1.54, 1.807) is 0 Å². The van der Waals surface area contributed by atoms with Crippen LogP contribution in [0.3, 0.4) is 0 Å².